The molecule has 0 aromatic heterocycles. The van der Waals surface area contributed by atoms with Crippen molar-refractivity contribution in [2.45, 2.75) is 32.5 Å². The van der Waals surface area contributed by atoms with Gasteiger partial charge in [-0.1, -0.05) is 30.3 Å². The molecular weight excluding hydrogens is 410 g/mol. The Kier molecular flexibility index (Phi) is 6.13. The summed E-state index contributed by atoms with van der Waals surface area (Å²) in [6.45, 7) is 4.37. The highest BCUT2D eigenvalue weighted by Gasteiger charge is 2.22. The maximum Gasteiger partial charge on any atom is 0.349 e. The van der Waals surface area contributed by atoms with Gasteiger partial charge in [-0.15, -0.1) is 0 Å². The molecule has 0 aliphatic carbocycles. The van der Waals surface area contributed by atoms with E-state index in [0.717, 1.165) is 16.6 Å². The summed E-state index contributed by atoms with van der Waals surface area (Å²) in [6, 6.07) is 12.4. The number of fused-ring (bicyclic) bond motifs is 2. The van der Waals surface area contributed by atoms with Gasteiger partial charge in [-0.05, 0) is 42.7 Å². The highest BCUT2D eigenvalue weighted by atomic mass is 16.3. The third-order valence-corrected chi connectivity index (χ3v) is 5.69. The molecule has 0 saturated heterocycles. The Hall–Kier alpha value is -3.40. The molecule has 4 N–H and O–H groups in total. The molecule has 0 bridgehead atoms. The quantitative estimate of drug-likeness (QED) is 0.317. The number of hydrogen-bond acceptors (Lipinski definition) is 7. The van der Waals surface area contributed by atoms with Crippen molar-refractivity contribution in [1.82, 2.24) is 24.8 Å². The predicted molar refractivity (Wildman–Crippen MR) is 121 cm³/mol. The number of nitrogens with one attached hydrogen (secondary N) is 2. The fourth-order valence-electron chi connectivity index (χ4n) is 3.80. The third-order valence-electron chi connectivity index (χ3n) is 5.69. The Bertz CT molecular complexity index is 1330. The number of benzene rings is 2. The second-order valence-electron chi connectivity index (χ2n) is 7.83. The number of aryl methyl sites for hydroxylation is 2. The van der Waals surface area contributed by atoms with Gasteiger partial charge >= 0.3 is 5.69 Å². The van der Waals surface area contributed by atoms with Crippen LogP contribution in [0.25, 0.3) is 22.6 Å². The van der Waals surface area contributed by atoms with Crippen molar-refractivity contribution in [3.8, 4) is 11.5 Å². The molecule has 2 aromatic rings. The lowest BCUT2D eigenvalue weighted by atomic mass is 10.0. The number of aliphatic hydroxyl groups is 2. The van der Waals surface area contributed by atoms with Crippen LogP contribution in [0.4, 0.5) is 0 Å². The highest BCUT2D eigenvalue weighted by molar-refractivity contribution is 5.81. The van der Waals surface area contributed by atoms with Gasteiger partial charge in [-0.3, -0.25) is 9.78 Å². The standard InChI is InChI=1S/C23H25N5O4/c1-13-10-16-18(11-14(13)2)28(21-19(25-16)22(31)27-23(32)26-21)9-8-24-17(12-29)20(30)15-6-4-3-5-7-15/h3-7,10-11,17,20,24,29-30H,8-9,12H2,1-2H3,(H,27,31,32)/t17-,20-/m1/s1. The Morgan fingerprint density at radius 3 is 2.53 bits per heavy atom. The monoisotopic (exact) mass is 435 g/mol. The van der Waals surface area contributed by atoms with Crippen LogP contribution in [0.3, 0.4) is 0 Å². The van der Waals surface area contributed by atoms with Crippen molar-refractivity contribution in [1.29, 1.82) is 0 Å². The number of H-pyrrole nitrogens is 1. The lowest BCUT2D eigenvalue weighted by Gasteiger charge is -2.24. The van der Waals surface area contributed by atoms with Crippen molar-refractivity contribution in [2.24, 2.45) is 0 Å². The first-order chi connectivity index (χ1) is 15.4. The average molecular weight is 435 g/mol. The van der Waals surface area contributed by atoms with Crippen LogP contribution in [0.2, 0.25) is 0 Å². The zero-order valence-electron chi connectivity index (χ0n) is 17.9. The van der Waals surface area contributed by atoms with Crippen LogP contribution in [0, 0.1) is 13.8 Å². The molecule has 9 heteroatoms. The summed E-state index contributed by atoms with van der Waals surface area (Å²) in [5.41, 5.74) is 2.89. The number of rotatable bonds is 7. The molecule has 2 heterocycles. The molecule has 2 aliphatic rings. The van der Waals surface area contributed by atoms with Gasteiger partial charge in [0, 0.05) is 13.1 Å². The second-order valence-corrected chi connectivity index (χ2v) is 7.83. The molecule has 32 heavy (non-hydrogen) atoms. The largest absolute Gasteiger partial charge is 0.395 e. The van der Waals surface area contributed by atoms with Crippen LogP contribution in [-0.4, -0.2) is 48.9 Å². The molecule has 0 radical (unpaired) electrons. The molecule has 0 spiro atoms. The first-order valence-electron chi connectivity index (χ1n) is 10.4. The molecular formula is C23H25N5O4. The molecule has 0 amide bonds. The Morgan fingerprint density at radius 2 is 1.81 bits per heavy atom. The summed E-state index contributed by atoms with van der Waals surface area (Å²) in [7, 11) is 0. The van der Waals surface area contributed by atoms with Gasteiger partial charge in [0.25, 0.3) is 5.56 Å². The predicted octanol–water partition coefficient (Wildman–Crippen LogP) is 0.886. The van der Waals surface area contributed by atoms with Crippen molar-refractivity contribution in [2.75, 3.05) is 13.2 Å². The third kappa shape index (κ3) is 4.18. The van der Waals surface area contributed by atoms with Crippen LogP contribution in [0.5, 0.6) is 0 Å². The summed E-state index contributed by atoms with van der Waals surface area (Å²) in [5.74, 6) is 0.195. The molecule has 0 fully saturated rings. The zero-order valence-corrected chi connectivity index (χ0v) is 17.9. The van der Waals surface area contributed by atoms with Crippen LogP contribution in [0.15, 0.2) is 52.1 Å². The lowest BCUT2D eigenvalue weighted by Crippen LogP contribution is -2.40. The number of aliphatic hydroxyl groups excluding tert-OH is 2. The van der Waals surface area contributed by atoms with E-state index in [2.05, 4.69) is 20.3 Å². The fraction of sp³-hybridized carbons (Fsp3) is 0.304. The van der Waals surface area contributed by atoms with Crippen molar-refractivity contribution < 1.29 is 10.2 Å². The molecule has 2 atom stereocenters. The van der Waals surface area contributed by atoms with Crippen molar-refractivity contribution in [3.05, 3.63) is 80.0 Å². The minimum absolute atomic E-state index is 0.0865. The first kappa shape index (κ1) is 21.8. The van der Waals surface area contributed by atoms with Gasteiger partial charge in [-0.2, -0.15) is 4.98 Å². The van der Waals surface area contributed by atoms with E-state index in [1.165, 1.54) is 0 Å². The Balaban J connectivity index is 1.69. The number of nitrogens with zero attached hydrogens (tertiary/aromatic N) is 3. The zero-order chi connectivity index (χ0) is 22.8. The number of aromatic amines is 1. The van der Waals surface area contributed by atoms with Crippen LogP contribution < -0.4 is 16.6 Å². The second kappa shape index (κ2) is 8.99. The van der Waals surface area contributed by atoms with Crippen molar-refractivity contribution >= 4 is 11.0 Å². The molecule has 9 nitrogen and oxygen atoms in total. The van der Waals surface area contributed by atoms with Gasteiger partial charge in [0.05, 0.1) is 29.8 Å². The van der Waals surface area contributed by atoms with E-state index in [0.29, 0.717) is 24.2 Å². The first-order valence-corrected chi connectivity index (χ1v) is 10.4. The molecule has 0 unspecified atom stereocenters. The van der Waals surface area contributed by atoms with E-state index in [9.17, 15) is 19.8 Å². The molecule has 166 valence electrons. The van der Waals surface area contributed by atoms with Gasteiger partial charge < -0.3 is 20.1 Å². The van der Waals surface area contributed by atoms with Crippen LogP contribution in [-0.2, 0) is 6.54 Å². The highest BCUT2D eigenvalue weighted by Crippen LogP contribution is 2.23. The van der Waals surface area contributed by atoms with Crippen LogP contribution in [0.1, 0.15) is 22.8 Å². The van der Waals surface area contributed by atoms with Crippen molar-refractivity contribution in [3.63, 3.8) is 0 Å². The van der Waals surface area contributed by atoms with Crippen LogP contribution >= 0.6 is 0 Å². The number of hydrogen-bond donors (Lipinski definition) is 4. The van der Waals surface area contributed by atoms with Gasteiger partial charge in [-0.25, -0.2) is 9.78 Å². The van der Waals surface area contributed by atoms with Gasteiger partial charge in [0.2, 0.25) is 0 Å². The topological polar surface area (TPSA) is 133 Å². The minimum Gasteiger partial charge on any atom is -0.395 e. The van der Waals surface area contributed by atoms with E-state index >= 15 is 0 Å². The number of aromatic nitrogens is 4. The SMILES string of the molecule is Cc1cc2nc3c(=O)[nH]c(=O)nc-3n(CCN[C@H](CO)[C@H](O)c3ccccc3)c2cc1C. The van der Waals surface area contributed by atoms with E-state index in [4.69, 9.17) is 0 Å². The van der Waals surface area contributed by atoms with Gasteiger partial charge in [0.15, 0.2) is 11.5 Å². The Morgan fingerprint density at radius 1 is 1.09 bits per heavy atom. The summed E-state index contributed by atoms with van der Waals surface area (Å²) in [6.07, 6.45) is -0.892. The molecule has 2 aliphatic heterocycles. The molecule has 0 saturated carbocycles. The molecule has 4 rings (SSSR count). The van der Waals surface area contributed by atoms with E-state index < -0.39 is 23.4 Å². The molecule has 2 aromatic carbocycles. The average Bonchev–Trinajstić information content (AvgIpc) is 2.78. The summed E-state index contributed by atoms with van der Waals surface area (Å²) in [5, 5.41) is 23.6. The van der Waals surface area contributed by atoms with E-state index in [1.807, 2.05) is 44.2 Å². The van der Waals surface area contributed by atoms with E-state index in [1.54, 1.807) is 16.7 Å². The fourth-order valence-corrected chi connectivity index (χ4v) is 3.80. The summed E-state index contributed by atoms with van der Waals surface area (Å²) >= 11 is 0. The normalized spacial score (nSPS) is 13.5. The minimum atomic E-state index is -0.892. The van der Waals surface area contributed by atoms with E-state index in [-0.39, 0.29) is 18.1 Å². The summed E-state index contributed by atoms with van der Waals surface area (Å²) in [4.78, 5) is 34.9. The lowest BCUT2D eigenvalue weighted by molar-refractivity contribution is 0.0897. The maximum absolute atomic E-state index is 12.4. The van der Waals surface area contributed by atoms with Gasteiger partial charge in [0.1, 0.15) is 0 Å². The maximum atomic E-state index is 12.4. The smallest absolute Gasteiger partial charge is 0.349 e. The Labute approximate surface area is 183 Å². The summed E-state index contributed by atoms with van der Waals surface area (Å²) < 4.78 is 1.77.